The zero-order valence-corrected chi connectivity index (χ0v) is 15.5. The first kappa shape index (κ1) is 19.1. The van der Waals surface area contributed by atoms with Gasteiger partial charge < -0.3 is 10.0 Å². The molecule has 134 valence electrons. The molecule has 0 radical (unpaired) electrons. The van der Waals surface area contributed by atoms with Gasteiger partial charge in [0, 0.05) is 6.54 Å². The number of aliphatic carboxylic acids is 1. The molecule has 1 aromatic heterocycles. The third kappa shape index (κ3) is 4.67. The van der Waals surface area contributed by atoms with E-state index in [1.54, 1.807) is 18.2 Å². The molecule has 0 aliphatic heterocycles. The molecule has 0 fully saturated rings. The van der Waals surface area contributed by atoms with E-state index in [9.17, 15) is 18.0 Å². The van der Waals surface area contributed by atoms with Crippen LogP contribution in [-0.2, 0) is 14.6 Å². The minimum absolute atomic E-state index is 0.0573. The van der Waals surface area contributed by atoms with E-state index in [0.717, 1.165) is 11.3 Å². The molecule has 2 rings (SSSR count). The van der Waals surface area contributed by atoms with Crippen LogP contribution in [0.3, 0.4) is 0 Å². The molecule has 0 saturated carbocycles. The Morgan fingerprint density at radius 1 is 1.12 bits per heavy atom. The number of hydrogen-bond donors (Lipinski definition) is 1. The van der Waals surface area contributed by atoms with Gasteiger partial charge in [-0.25, -0.2) is 8.42 Å². The molecule has 0 unspecified atom stereocenters. The highest BCUT2D eigenvalue weighted by atomic mass is 32.2. The van der Waals surface area contributed by atoms with E-state index in [4.69, 9.17) is 5.11 Å². The quantitative estimate of drug-likeness (QED) is 0.796. The molecule has 1 heterocycles. The fourth-order valence-corrected chi connectivity index (χ4v) is 4.97. The zero-order chi connectivity index (χ0) is 18.6. The molecular formula is C17H19NO5S2. The van der Waals surface area contributed by atoms with Gasteiger partial charge in [-0.2, -0.15) is 0 Å². The number of thiophene rings is 1. The van der Waals surface area contributed by atoms with Crippen molar-refractivity contribution in [3.8, 4) is 0 Å². The number of amides is 1. The van der Waals surface area contributed by atoms with Gasteiger partial charge in [-0.3, -0.25) is 9.59 Å². The van der Waals surface area contributed by atoms with Crippen molar-refractivity contribution in [3.63, 3.8) is 0 Å². The summed E-state index contributed by atoms with van der Waals surface area (Å²) in [5, 5.41) is 8.99. The van der Waals surface area contributed by atoms with Gasteiger partial charge in [-0.05, 0) is 30.2 Å². The lowest BCUT2D eigenvalue weighted by atomic mass is 10.2. The number of carboxylic acid groups (broad SMARTS) is 1. The number of nitrogens with zero attached hydrogens (tertiary/aromatic N) is 1. The lowest BCUT2D eigenvalue weighted by molar-refractivity contribution is -0.137. The minimum Gasteiger partial charge on any atom is -0.480 e. The summed E-state index contributed by atoms with van der Waals surface area (Å²) >= 11 is 0.853. The predicted octanol–water partition coefficient (Wildman–Crippen LogP) is 2.76. The summed E-state index contributed by atoms with van der Waals surface area (Å²) in [5.41, 5.74) is 0. The maximum atomic E-state index is 12.6. The molecule has 1 amide bonds. The smallest absolute Gasteiger partial charge is 0.323 e. The molecular weight excluding hydrogens is 362 g/mol. The highest BCUT2D eigenvalue weighted by Gasteiger charge is 2.25. The van der Waals surface area contributed by atoms with Gasteiger partial charge in [-0.1, -0.05) is 32.0 Å². The maximum Gasteiger partial charge on any atom is 0.323 e. The molecule has 0 bridgehead atoms. The molecule has 0 spiro atoms. The number of carbonyl (C=O) groups excluding carboxylic acids is 1. The van der Waals surface area contributed by atoms with Crippen molar-refractivity contribution in [2.75, 3.05) is 13.1 Å². The molecule has 1 N–H and O–H groups in total. The zero-order valence-electron chi connectivity index (χ0n) is 13.9. The first-order chi connectivity index (χ1) is 11.7. The summed E-state index contributed by atoms with van der Waals surface area (Å²) in [6.45, 7) is 3.61. The summed E-state index contributed by atoms with van der Waals surface area (Å²) in [7, 11) is -3.69. The van der Waals surface area contributed by atoms with E-state index in [1.165, 1.54) is 29.2 Å². The molecule has 0 saturated heterocycles. The Balaban J connectivity index is 2.30. The van der Waals surface area contributed by atoms with Gasteiger partial charge in [0.15, 0.2) is 0 Å². The van der Waals surface area contributed by atoms with Crippen LogP contribution in [0.2, 0.25) is 0 Å². The molecule has 6 nitrogen and oxygen atoms in total. The SMILES string of the molecule is CC(C)CN(CC(=O)O)C(=O)c1ccc(S(=O)(=O)c2ccccc2)s1. The summed E-state index contributed by atoms with van der Waals surface area (Å²) in [5.74, 6) is -1.49. The van der Waals surface area contributed by atoms with E-state index in [2.05, 4.69) is 0 Å². The Morgan fingerprint density at radius 3 is 2.32 bits per heavy atom. The first-order valence-electron chi connectivity index (χ1n) is 7.63. The van der Waals surface area contributed by atoms with Crippen molar-refractivity contribution in [2.45, 2.75) is 23.0 Å². The van der Waals surface area contributed by atoms with Gasteiger partial charge in [-0.15, -0.1) is 11.3 Å². The Morgan fingerprint density at radius 2 is 1.76 bits per heavy atom. The Kier molecular flexibility index (Phi) is 5.97. The molecule has 0 aliphatic rings. The second-order valence-corrected chi connectivity index (χ2v) is 9.17. The van der Waals surface area contributed by atoms with E-state index in [0.29, 0.717) is 0 Å². The van der Waals surface area contributed by atoms with E-state index < -0.39 is 28.3 Å². The normalized spacial score (nSPS) is 11.5. The number of hydrogen-bond acceptors (Lipinski definition) is 5. The maximum absolute atomic E-state index is 12.6. The average molecular weight is 381 g/mol. The van der Waals surface area contributed by atoms with Gasteiger partial charge in [0.1, 0.15) is 10.8 Å². The van der Waals surface area contributed by atoms with E-state index in [-0.39, 0.29) is 26.4 Å². The van der Waals surface area contributed by atoms with E-state index in [1.807, 2.05) is 13.8 Å². The van der Waals surface area contributed by atoms with Gasteiger partial charge >= 0.3 is 5.97 Å². The molecule has 0 atom stereocenters. The fourth-order valence-electron chi connectivity index (χ4n) is 2.27. The second-order valence-electron chi connectivity index (χ2n) is 5.91. The molecule has 8 heteroatoms. The average Bonchev–Trinajstić information content (AvgIpc) is 3.04. The fraction of sp³-hybridized carbons (Fsp3) is 0.294. The topological polar surface area (TPSA) is 91.8 Å². The van der Waals surface area contributed by atoms with Crippen LogP contribution in [0.4, 0.5) is 0 Å². The number of carbonyl (C=O) groups is 2. The number of rotatable bonds is 7. The first-order valence-corrected chi connectivity index (χ1v) is 9.93. The standard InChI is InChI=1S/C17H19NO5S2/c1-12(2)10-18(11-15(19)20)17(21)14-8-9-16(24-14)25(22,23)13-6-4-3-5-7-13/h3-9,12H,10-11H2,1-2H3,(H,19,20). The van der Waals surface area contributed by atoms with Gasteiger partial charge in [0.25, 0.3) is 5.91 Å². The monoisotopic (exact) mass is 381 g/mol. The molecule has 0 aliphatic carbocycles. The summed E-state index contributed by atoms with van der Waals surface area (Å²) in [4.78, 5) is 25.1. The summed E-state index contributed by atoms with van der Waals surface area (Å²) in [6.07, 6.45) is 0. The van der Waals surface area contributed by atoms with Crippen LogP contribution in [0.1, 0.15) is 23.5 Å². The number of carboxylic acids is 1. The van der Waals surface area contributed by atoms with Crippen LogP contribution >= 0.6 is 11.3 Å². The third-order valence-corrected chi connectivity index (χ3v) is 6.64. The molecule has 1 aromatic carbocycles. The van der Waals surface area contributed by atoms with Crippen molar-refractivity contribution in [1.82, 2.24) is 4.90 Å². The highest BCUT2D eigenvalue weighted by Crippen LogP contribution is 2.28. The van der Waals surface area contributed by atoms with Crippen LogP contribution < -0.4 is 0 Å². The second kappa shape index (κ2) is 7.79. The highest BCUT2D eigenvalue weighted by molar-refractivity contribution is 7.93. The van der Waals surface area contributed by atoms with Gasteiger partial charge in [0.05, 0.1) is 9.77 Å². The van der Waals surface area contributed by atoms with Crippen LogP contribution in [0.5, 0.6) is 0 Å². The number of benzene rings is 1. The van der Waals surface area contributed by atoms with Crippen molar-refractivity contribution in [3.05, 3.63) is 47.3 Å². The Bertz CT molecular complexity index is 856. The molecule has 25 heavy (non-hydrogen) atoms. The minimum atomic E-state index is -3.69. The Labute approximate surface area is 150 Å². The van der Waals surface area contributed by atoms with E-state index >= 15 is 0 Å². The lowest BCUT2D eigenvalue weighted by Crippen LogP contribution is -2.37. The predicted molar refractivity (Wildman–Crippen MR) is 94.6 cm³/mol. The molecule has 2 aromatic rings. The summed E-state index contributed by atoms with van der Waals surface area (Å²) < 4.78 is 25.2. The third-order valence-electron chi connectivity index (χ3n) is 3.31. The van der Waals surface area contributed by atoms with Gasteiger partial charge in [0.2, 0.25) is 9.84 Å². The van der Waals surface area contributed by atoms with Crippen molar-refractivity contribution >= 4 is 33.1 Å². The largest absolute Gasteiger partial charge is 0.480 e. The van der Waals surface area contributed by atoms with Crippen LogP contribution in [0, 0.1) is 5.92 Å². The van der Waals surface area contributed by atoms with Crippen molar-refractivity contribution in [1.29, 1.82) is 0 Å². The summed E-state index contributed by atoms with van der Waals surface area (Å²) in [6, 6.07) is 10.8. The lowest BCUT2D eigenvalue weighted by Gasteiger charge is -2.21. The van der Waals surface area contributed by atoms with Crippen LogP contribution in [0.15, 0.2) is 51.6 Å². The van der Waals surface area contributed by atoms with Crippen LogP contribution in [-0.4, -0.2) is 43.4 Å². The van der Waals surface area contributed by atoms with Crippen LogP contribution in [0.25, 0.3) is 0 Å². The van der Waals surface area contributed by atoms with Crippen molar-refractivity contribution < 1.29 is 23.1 Å². The Hall–Kier alpha value is -2.19. The van der Waals surface area contributed by atoms with Crippen molar-refractivity contribution in [2.24, 2.45) is 5.92 Å². The number of sulfone groups is 1.